The molecule has 0 saturated heterocycles. The van der Waals surface area contributed by atoms with Crippen molar-refractivity contribution in [1.82, 2.24) is 9.36 Å². The highest BCUT2D eigenvalue weighted by Gasteiger charge is 2.28. The van der Waals surface area contributed by atoms with Crippen molar-refractivity contribution >= 4 is 22.6 Å². The van der Waals surface area contributed by atoms with Gasteiger partial charge in [-0.15, -0.1) is 0 Å². The van der Waals surface area contributed by atoms with Crippen molar-refractivity contribution in [2.75, 3.05) is 5.32 Å². The van der Waals surface area contributed by atoms with Crippen molar-refractivity contribution < 1.29 is 9.90 Å². The molecule has 2 N–H and O–H groups in total. The number of carbonyl (C=O) groups is 1. The van der Waals surface area contributed by atoms with Crippen molar-refractivity contribution in [2.24, 2.45) is 5.92 Å². The maximum absolute atomic E-state index is 11.0. The minimum Gasteiger partial charge on any atom is -0.481 e. The quantitative estimate of drug-likeness (QED) is 0.892. The van der Waals surface area contributed by atoms with E-state index in [0.717, 1.165) is 30.2 Å². The number of rotatable bonds is 3. The predicted octanol–water partition coefficient (Wildman–Crippen LogP) is 2.89. The van der Waals surface area contributed by atoms with Crippen LogP contribution in [0.25, 0.3) is 0 Å². The first-order chi connectivity index (χ1) is 8.86. The van der Waals surface area contributed by atoms with E-state index in [-0.39, 0.29) is 17.4 Å². The van der Waals surface area contributed by atoms with E-state index in [4.69, 9.17) is 5.11 Å². The van der Waals surface area contributed by atoms with Crippen LogP contribution in [0.2, 0.25) is 0 Å². The van der Waals surface area contributed by atoms with E-state index in [1.165, 1.54) is 11.5 Å². The Morgan fingerprint density at radius 3 is 2.74 bits per heavy atom. The molecule has 0 aromatic carbocycles. The largest absolute Gasteiger partial charge is 0.481 e. The summed E-state index contributed by atoms with van der Waals surface area (Å²) in [6.45, 7) is 6.25. The van der Waals surface area contributed by atoms with Crippen LogP contribution in [-0.4, -0.2) is 26.5 Å². The molecule has 1 heterocycles. The molecule has 1 saturated carbocycles. The second-order valence-electron chi connectivity index (χ2n) is 6.22. The molecule has 5 nitrogen and oxygen atoms in total. The lowest BCUT2D eigenvalue weighted by Crippen LogP contribution is -2.30. The van der Waals surface area contributed by atoms with Gasteiger partial charge in [0.15, 0.2) is 0 Å². The Morgan fingerprint density at radius 2 is 2.16 bits per heavy atom. The molecule has 0 amide bonds. The summed E-state index contributed by atoms with van der Waals surface area (Å²) < 4.78 is 4.36. The Hall–Kier alpha value is -1.17. The number of carboxylic acids is 1. The van der Waals surface area contributed by atoms with Crippen molar-refractivity contribution in [3.8, 4) is 0 Å². The van der Waals surface area contributed by atoms with Crippen LogP contribution < -0.4 is 5.32 Å². The third-order valence-electron chi connectivity index (χ3n) is 3.45. The summed E-state index contributed by atoms with van der Waals surface area (Å²) in [6, 6.07) is 0.204. The average molecular weight is 283 g/mol. The highest BCUT2D eigenvalue weighted by Crippen LogP contribution is 2.29. The number of hydrogen-bond donors (Lipinski definition) is 2. The number of nitrogens with one attached hydrogen (secondary N) is 1. The molecule has 1 aromatic rings. The van der Waals surface area contributed by atoms with Crippen LogP contribution in [0.3, 0.4) is 0 Å². The highest BCUT2D eigenvalue weighted by atomic mass is 32.1. The number of carboxylic acid groups (broad SMARTS) is 1. The van der Waals surface area contributed by atoms with E-state index in [0.29, 0.717) is 6.42 Å². The first kappa shape index (κ1) is 14.2. The van der Waals surface area contributed by atoms with Gasteiger partial charge in [0, 0.05) is 23.0 Å². The first-order valence-electron chi connectivity index (χ1n) is 6.70. The molecule has 2 atom stereocenters. The fraction of sp³-hybridized carbons (Fsp3) is 0.769. The summed E-state index contributed by atoms with van der Waals surface area (Å²) in [4.78, 5) is 15.5. The van der Waals surface area contributed by atoms with E-state index in [1.54, 1.807) is 0 Å². The van der Waals surface area contributed by atoms with Gasteiger partial charge in [0.1, 0.15) is 5.82 Å². The van der Waals surface area contributed by atoms with Crippen LogP contribution in [0, 0.1) is 5.92 Å². The lowest BCUT2D eigenvalue weighted by Gasteiger charge is -2.26. The second kappa shape index (κ2) is 5.45. The third kappa shape index (κ3) is 3.65. The van der Waals surface area contributed by atoms with Gasteiger partial charge < -0.3 is 10.4 Å². The van der Waals surface area contributed by atoms with Gasteiger partial charge in [-0.25, -0.2) is 4.98 Å². The smallest absolute Gasteiger partial charge is 0.306 e. The molecule has 0 radical (unpaired) electrons. The molecule has 106 valence electrons. The number of aromatic nitrogens is 2. The normalized spacial score (nSPS) is 24.2. The van der Waals surface area contributed by atoms with Gasteiger partial charge in [0.25, 0.3) is 0 Å². The number of hydrogen-bond acceptors (Lipinski definition) is 5. The van der Waals surface area contributed by atoms with Crippen LogP contribution in [0.1, 0.15) is 52.3 Å². The maximum Gasteiger partial charge on any atom is 0.306 e. The fourth-order valence-electron chi connectivity index (χ4n) is 2.31. The molecule has 2 rings (SSSR count). The summed E-state index contributed by atoms with van der Waals surface area (Å²) in [6.07, 6.45) is 3.43. The highest BCUT2D eigenvalue weighted by molar-refractivity contribution is 7.09. The predicted molar refractivity (Wildman–Crippen MR) is 75.6 cm³/mol. The molecule has 0 spiro atoms. The van der Waals surface area contributed by atoms with Gasteiger partial charge in [-0.05, 0) is 19.3 Å². The van der Waals surface area contributed by atoms with Crippen molar-refractivity contribution in [2.45, 2.75) is 57.9 Å². The van der Waals surface area contributed by atoms with E-state index >= 15 is 0 Å². The topological polar surface area (TPSA) is 75.1 Å². The van der Waals surface area contributed by atoms with Crippen molar-refractivity contribution in [1.29, 1.82) is 0 Å². The summed E-state index contributed by atoms with van der Waals surface area (Å²) in [5, 5.41) is 13.2. The van der Waals surface area contributed by atoms with Crippen LogP contribution in [-0.2, 0) is 10.2 Å². The molecule has 1 aliphatic rings. The van der Waals surface area contributed by atoms with Crippen LogP contribution in [0.15, 0.2) is 0 Å². The molecule has 1 aliphatic carbocycles. The summed E-state index contributed by atoms with van der Waals surface area (Å²) in [5.41, 5.74) is -0.0490. The monoisotopic (exact) mass is 283 g/mol. The first-order valence-corrected chi connectivity index (χ1v) is 7.47. The SMILES string of the molecule is CC(C)(C)c1nsc(NC2CCCC(C(=O)O)C2)n1. The molecular formula is C13H21N3O2S. The Morgan fingerprint density at radius 1 is 1.42 bits per heavy atom. The Balaban J connectivity index is 1.97. The minimum atomic E-state index is -0.681. The van der Waals surface area contributed by atoms with Crippen LogP contribution >= 0.6 is 11.5 Å². The molecular weight excluding hydrogens is 262 g/mol. The van der Waals surface area contributed by atoms with Crippen molar-refractivity contribution in [3.63, 3.8) is 0 Å². The zero-order chi connectivity index (χ0) is 14.0. The van der Waals surface area contributed by atoms with E-state index in [1.807, 2.05) is 0 Å². The van der Waals surface area contributed by atoms with Gasteiger partial charge in [-0.1, -0.05) is 27.2 Å². The molecule has 1 aromatic heterocycles. The molecule has 0 aliphatic heterocycles. The molecule has 1 fully saturated rings. The van der Waals surface area contributed by atoms with Crippen molar-refractivity contribution in [3.05, 3.63) is 5.82 Å². The zero-order valence-electron chi connectivity index (χ0n) is 11.6. The average Bonchev–Trinajstić information content (AvgIpc) is 2.77. The summed E-state index contributed by atoms with van der Waals surface area (Å²) in [7, 11) is 0. The summed E-state index contributed by atoms with van der Waals surface area (Å²) in [5.74, 6) is -0.0639. The standard InChI is InChI=1S/C13H21N3O2S/c1-13(2,3)11-15-12(19-16-11)14-9-6-4-5-8(7-9)10(17)18/h8-9H,4-7H2,1-3H3,(H,17,18)(H,14,15,16). The van der Waals surface area contributed by atoms with Crippen LogP contribution in [0.5, 0.6) is 0 Å². The van der Waals surface area contributed by atoms with E-state index in [9.17, 15) is 4.79 Å². The number of nitrogens with zero attached hydrogens (tertiary/aromatic N) is 2. The fourth-order valence-corrected chi connectivity index (χ4v) is 3.14. The van der Waals surface area contributed by atoms with E-state index < -0.39 is 5.97 Å². The Bertz CT molecular complexity index is 453. The van der Waals surface area contributed by atoms with E-state index in [2.05, 4.69) is 35.4 Å². The van der Waals surface area contributed by atoms with Gasteiger partial charge in [0.2, 0.25) is 5.13 Å². The zero-order valence-corrected chi connectivity index (χ0v) is 12.5. The van der Waals surface area contributed by atoms with Gasteiger partial charge >= 0.3 is 5.97 Å². The van der Waals surface area contributed by atoms with Crippen LogP contribution in [0.4, 0.5) is 5.13 Å². The van der Waals surface area contributed by atoms with Gasteiger partial charge in [-0.2, -0.15) is 4.37 Å². The third-order valence-corrected chi connectivity index (χ3v) is 4.09. The molecule has 2 unspecified atom stereocenters. The number of anilines is 1. The number of aliphatic carboxylic acids is 1. The lowest BCUT2D eigenvalue weighted by molar-refractivity contribution is -0.142. The summed E-state index contributed by atoms with van der Waals surface area (Å²) >= 11 is 1.36. The lowest BCUT2D eigenvalue weighted by atomic mass is 9.86. The molecule has 0 bridgehead atoms. The van der Waals surface area contributed by atoms with Gasteiger partial charge in [0.05, 0.1) is 5.92 Å². The molecule has 6 heteroatoms. The van der Waals surface area contributed by atoms with Gasteiger partial charge in [-0.3, -0.25) is 4.79 Å². The molecule has 19 heavy (non-hydrogen) atoms. The second-order valence-corrected chi connectivity index (χ2v) is 6.97. The maximum atomic E-state index is 11.0. The minimum absolute atomic E-state index is 0.0490. The Labute approximate surface area is 117 Å². The Kier molecular flexibility index (Phi) is 4.08.